The van der Waals surface area contributed by atoms with Crippen LogP contribution in [0.2, 0.25) is 5.02 Å². The maximum absolute atomic E-state index is 13.6. The molecule has 26 heavy (non-hydrogen) atoms. The molecule has 0 bridgehead atoms. The molecule has 0 amide bonds. The summed E-state index contributed by atoms with van der Waals surface area (Å²) in [7, 11) is 1.61. The predicted molar refractivity (Wildman–Crippen MR) is 114 cm³/mol. The van der Waals surface area contributed by atoms with E-state index in [1.807, 2.05) is 19.1 Å². The lowest BCUT2D eigenvalue weighted by Gasteiger charge is -2.12. The molecule has 0 radical (unpaired) electrons. The van der Waals surface area contributed by atoms with Crippen molar-refractivity contribution < 1.29 is 9.13 Å². The highest BCUT2D eigenvalue weighted by Crippen LogP contribution is 2.22. The minimum Gasteiger partial charge on any atom is -0.497 e. The Balaban J connectivity index is 0.00000338. The number of aliphatic imine (C=N–C) groups is 1. The van der Waals surface area contributed by atoms with Gasteiger partial charge in [-0.25, -0.2) is 9.38 Å². The van der Waals surface area contributed by atoms with E-state index in [9.17, 15) is 4.39 Å². The third-order valence-corrected chi connectivity index (χ3v) is 3.86. The summed E-state index contributed by atoms with van der Waals surface area (Å²) in [5.74, 6) is 0.985. The van der Waals surface area contributed by atoms with Crippen LogP contribution >= 0.6 is 35.6 Å². The highest BCUT2D eigenvalue weighted by atomic mass is 127. The van der Waals surface area contributed by atoms with Gasteiger partial charge in [0.1, 0.15) is 11.6 Å². The number of benzene rings is 1. The van der Waals surface area contributed by atoms with E-state index in [1.165, 1.54) is 6.07 Å². The Morgan fingerprint density at radius 2 is 2.12 bits per heavy atom. The van der Waals surface area contributed by atoms with E-state index in [2.05, 4.69) is 20.6 Å². The molecule has 2 N–H and O–H groups in total. The second kappa shape index (κ2) is 11.9. The molecule has 0 aliphatic rings. The van der Waals surface area contributed by atoms with Crippen LogP contribution in [-0.2, 0) is 13.0 Å². The lowest BCUT2D eigenvalue weighted by molar-refractivity contribution is 0.414. The molecule has 0 saturated carbocycles. The van der Waals surface area contributed by atoms with Gasteiger partial charge in [-0.05, 0) is 43.2 Å². The molecule has 0 saturated heterocycles. The van der Waals surface area contributed by atoms with Crippen molar-refractivity contribution in [3.05, 3.63) is 58.6 Å². The smallest absolute Gasteiger partial charge is 0.191 e. The molecule has 0 unspecified atom stereocenters. The molecule has 0 aliphatic carbocycles. The van der Waals surface area contributed by atoms with Gasteiger partial charge in [-0.3, -0.25) is 4.98 Å². The number of hydrogen-bond donors (Lipinski definition) is 2. The number of guanidine groups is 1. The van der Waals surface area contributed by atoms with Crippen molar-refractivity contribution >= 4 is 41.5 Å². The lowest BCUT2D eigenvalue weighted by atomic mass is 10.1. The van der Waals surface area contributed by atoms with Gasteiger partial charge in [0, 0.05) is 24.3 Å². The Hall–Kier alpha value is -1.61. The summed E-state index contributed by atoms with van der Waals surface area (Å²) < 4.78 is 18.8. The Morgan fingerprint density at radius 3 is 2.77 bits per heavy atom. The fourth-order valence-corrected chi connectivity index (χ4v) is 2.47. The van der Waals surface area contributed by atoms with Gasteiger partial charge in [0.05, 0.1) is 19.3 Å². The first-order chi connectivity index (χ1) is 12.1. The number of methoxy groups -OCH3 is 1. The van der Waals surface area contributed by atoms with Crippen molar-refractivity contribution in [2.24, 2.45) is 4.99 Å². The molecule has 0 atom stereocenters. The number of ether oxygens (including phenoxy) is 1. The van der Waals surface area contributed by atoms with Crippen LogP contribution in [0.1, 0.15) is 18.2 Å². The van der Waals surface area contributed by atoms with Crippen LogP contribution in [-0.4, -0.2) is 31.1 Å². The van der Waals surface area contributed by atoms with Gasteiger partial charge in [-0.1, -0.05) is 17.7 Å². The molecular formula is C18H23ClFIN4O. The molecule has 142 valence electrons. The molecule has 1 aromatic carbocycles. The lowest BCUT2D eigenvalue weighted by Crippen LogP contribution is -2.38. The van der Waals surface area contributed by atoms with Crippen LogP contribution in [0.4, 0.5) is 4.39 Å². The summed E-state index contributed by atoms with van der Waals surface area (Å²) >= 11 is 6.24. The van der Waals surface area contributed by atoms with Gasteiger partial charge < -0.3 is 15.4 Å². The normalized spacial score (nSPS) is 10.8. The van der Waals surface area contributed by atoms with E-state index in [0.29, 0.717) is 29.8 Å². The number of nitrogens with zero attached hydrogens (tertiary/aromatic N) is 2. The van der Waals surface area contributed by atoms with E-state index in [4.69, 9.17) is 16.3 Å². The standard InChI is InChI=1S/C18H22ClFN4O.HI/c1-3-21-18(24-12-17-16(20)5-4-9-22-17)23-10-8-13-6-7-14(25-2)11-15(13)19;/h4-7,9,11H,3,8,10,12H2,1-2H3,(H2,21,23,24);1H. The van der Waals surface area contributed by atoms with Crippen molar-refractivity contribution in [2.45, 2.75) is 19.9 Å². The second-order valence-electron chi connectivity index (χ2n) is 5.26. The number of hydrogen-bond acceptors (Lipinski definition) is 3. The largest absolute Gasteiger partial charge is 0.497 e. The van der Waals surface area contributed by atoms with Crippen molar-refractivity contribution in [2.75, 3.05) is 20.2 Å². The Bertz CT molecular complexity index is 730. The molecule has 2 aromatic rings. The van der Waals surface area contributed by atoms with Crippen LogP contribution < -0.4 is 15.4 Å². The monoisotopic (exact) mass is 492 g/mol. The average molecular weight is 493 g/mol. The molecule has 2 rings (SSSR count). The summed E-state index contributed by atoms with van der Waals surface area (Å²) in [4.78, 5) is 8.36. The van der Waals surface area contributed by atoms with Crippen molar-refractivity contribution in [3.8, 4) is 5.75 Å². The molecule has 5 nitrogen and oxygen atoms in total. The maximum Gasteiger partial charge on any atom is 0.191 e. The summed E-state index contributed by atoms with van der Waals surface area (Å²) in [5, 5.41) is 7.01. The highest BCUT2D eigenvalue weighted by molar-refractivity contribution is 14.0. The van der Waals surface area contributed by atoms with Gasteiger partial charge >= 0.3 is 0 Å². The molecular weight excluding hydrogens is 470 g/mol. The van der Waals surface area contributed by atoms with E-state index < -0.39 is 0 Å². The first-order valence-corrected chi connectivity index (χ1v) is 8.45. The summed E-state index contributed by atoms with van der Waals surface area (Å²) in [6.07, 6.45) is 2.28. The first-order valence-electron chi connectivity index (χ1n) is 8.08. The third-order valence-electron chi connectivity index (χ3n) is 3.51. The molecule has 0 spiro atoms. The molecule has 1 aromatic heterocycles. The summed E-state index contributed by atoms with van der Waals surface area (Å²) in [5.41, 5.74) is 1.33. The number of halogens is 3. The maximum atomic E-state index is 13.6. The highest BCUT2D eigenvalue weighted by Gasteiger charge is 2.05. The molecule has 1 heterocycles. The Labute approximate surface area is 175 Å². The Kier molecular flexibility index (Phi) is 10.3. The van der Waals surface area contributed by atoms with Crippen molar-refractivity contribution in [1.82, 2.24) is 15.6 Å². The quantitative estimate of drug-likeness (QED) is 0.351. The zero-order chi connectivity index (χ0) is 18.1. The average Bonchev–Trinajstić information content (AvgIpc) is 2.62. The minimum absolute atomic E-state index is 0. The zero-order valence-corrected chi connectivity index (χ0v) is 17.8. The molecule has 0 aliphatic heterocycles. The number of nitrogens with one attached hydrogen (secondary N) is 2. The third kappa shape index (κ3) is 6.95. The zero-order valence-electron chi connectivity index (χ0n) is 14.8. The van der Waals surface area contributed by atoms with Crippen molar-refractivity contribution in [1.29, 1.82) is 0 Å². The summed E-state index contributed by atoms with van der Waals surface area (Å²) in [6, 6.07) is 8.55. The van der Waals surface area contributed by atoms with Crippen molar-refractivity contribution in [3.63, 3.8) is 0 Å². The van der Waals surface area contributed by atoms with E-state index in [-0.39, 0.29) is 36.3 Å². The fraction of sp³-hybridized carbons (Fsp3) is 0.333. The van der Waals surface area contributed by atoms with E-state index in [0.717, 1.165) is 17.7 Å². The predicted octanol–water partition coefficient (Wildman–Crippen LogP) is 3.80. The first kappa shape index (κ1) is 22.4. The summed E-state index contributed by atoms with van der Waals surface area (Å²) in [6.45, 7) is 3.49. The Morgan fingerprint density at radius 1 is 1.31 bits per heavy atom. The van der Waals surface area contributed by atoms with Crippen LogP contribution in [0.15, 0.2) is 41.5 Å². The van der Waals surface area contributed by atoms with E-state index >= 15 is 0 Å². The SMILES string of the molecule is CCNC(=NCc1ncccc1F)NCCc1ccc(OC)cc1Cl.I. The van der Waals surface area contributed by atoms with Gasteiger partial charge in [-0.15, -0.1) is 24.0 Å². The number of rotatable bonds is 7. The van der Waals surface area contributed by atoms with Gasteiger partial charge in [0.25, 0.3) is 0 Å². The van der Waals surface area contributed by atoms with Gasteiger partial charge in [0.15, 0.2) is 5.96 Å². The topological polar surface area (TPSA) is 58.5 Å². The van der Waals surface area contributed by atoms with Gasteiger partial charge in [-0.2, -0.15) is 0 Å². The van der Waals surface area contributed by atoms with Crippen LogP contribution in [0.5, 0.6) is 5.75 Å². The van der Waals surface area contributed by atoms with Crippen LogP contribution in [0.25, 0.3) is 0 Å². The fourth-order valence-electron chi connectivity index (χ4n) is 2.20. The van der Waals surface area contributed by atoms with Crippen LogP contribution in [0.3, 0.4) is 0 Å². The van der Waals surface area contributed by atoms with E-state index in [1.54, 1.807) is 25.4 Å². The molecule has 0 fully saturated rings. The number of aromatic nitrogens is 1. The van der Waals surface area contributed by atoms with Gasteiger partial charge in [0.2, 0.25) is 0 Å². The molecule has 8 heteroatoms. The van der Waals surface area contributed by atoms with Crippen LogP contribution in [0, 0.1) is 5.82 Å². The second-order valence-corrected chi connectivity index (χ2v) is 5.67. The number of pyridine rings is 1. The minimum atomic E-state index is -0.355.